The van der Waals surface area contributed by atoms with Gasteiger partial charge in [0.05, 0.1) is 23.7 Å². The molecule has 2 aromatic rings. The van der Waals surface area contributed by atoms with Crippen molar-refractivity contribution in [2.24, 2.45) is 0 Å². The van der Waals surface area contributed by atoms with Crippen LogP contribution in [0, 0.1) is 0 Å². The molecule has 1 saturated heterocycles. The number of piperidine rings is 1. The summed E-state index contributed by atoms with van der Waals surface area (Å²) >= 11 is 0. The van der Waals surface area contributed by atoms with Gasteiger partial charge in [0.15, 0.2) is 0 Å². The molecule has 23 heavy (non-hydrogen) atoms. The Morgan fingerprint density at radius 1 is 1.09 bits per heavy atom. The lowest BCUT2D eigenvalue weighted by atomic mass is 10.1. The van der Waals surface area contributed by atoms with Crippen LogP contribution in [0.25, 0.3) is 11.0 Å². The summed E-state index contributed by atoms with van der Waals surface area (Å²) in [7, 11) is 0. The van der Waals surface area contributed by atoms with Gasteiger partial charge in [-0.2, -0.15) is 13.2 Å². The first-order chi connectivity index (χ1) is 10.9. The van der Waals surface area contributed by atoms with E-state index in [-0.39, 0.29) is 6.54 Å². The van der Waals surface area contributed by atoms with Crippen LogP contribution < -0.4 is 0 Å². The quantitative estimate of drug-likeness (QED) is 0.939. The molecule has 1 fully saturated rings. The Balaban J connectivity index is 1.83. The lowest BCUT2D eigenvalue weighted by Crippen LogP contribution is -2.38. The van der Waals surface area contributed by atoms with E-state index in [1.807, 2.05) is 0 Å². The number of para-hydroxylation sites is 2. The van der Waals surface area contributed by atoms with Crippen molar-refractivity contribution in [3.8, 4) is 0 Å². The lowest BCUT2D eigenvalue weighted by molar-refractivity contribution is -0.147. The van der Waals surface area contributed by atoms with Crippen molar-refractivity contribution in [2.45, 2.75) is 38.1 Å². The monoisotopic (exact) mass is 327 g/mol. The topological polar surface area (TPSA) is 41.3 Å². The summed E-state index contributed by atoms with van der Waals surface area (Å²) in [6, 6.07) is 6.49. The highest BCUT2D eigenvalue weighted by Gasteiger charge is 2.38. The fourth-order valence-electron chi connectivity index (χ4n) is 3.19. The van der Waals surface area contributed by atoms with Crippen molar-refractivity contribution < 1.29 is 18.3 Å². The predicted molar refractivity (Wildman–Crippen MR) is 81.0 cm³/mol. The van der Waals surface area contributed by atoms with Crippen LogP contribution in [0.4, 0.5) is 13.2 Å². The maximum absolute atomic E-state index is 13.2. The van der Waals surface area contributed by atoms with Crippen molar-refractivity contribution in [2.75, 3.05) is 19.6 Å². The zero-order valence-electron chi connectivity index (χ0n) is 12.8. The van der Waals surface area contributed by atoms with Gasteiger partial charge in [-0.25, -0.2) is 4.98 Å². The SMILES string of the molecule is O[C@H](CN1CCCCC1)Cn1c(C(F)(F)F)nc2ccccc21. The molecule has 2 heterocycles. The van der Waals surface area contributed by atoms with Gasteiger partial charge in [-0.15, -0.1) is 0 Å². The Morgan fingerprint density at radius 2 is 1.78 bits per heavy atom. The zero-order chi connectivity index (χ0) is 16.4. The Bertz CT molecular complexity index is 662. The molecule has 0 unspecified atom stereocenters. The number of rotatable bonds is 4. The number of hydrogen-bond acceptors (Lipinski definition) is 3. The highest BCUT2D eigenvalue weighted by atomic mass is 19.4. The molecule has 0 saturated carbocycles. The molecule has 4 nitrogen and oxygen atoms in total. The van der Waals surface area contributed by atoms with E-state index < -0.39 is 18.1 Å². The summed E-state index contributed by atoms with van der Waals surface area (Å²) in [5, 5.41) is 10.3. The first-order valence-corrected chi connectivity index (χ1v) is 7.88. The average molecular weight is 327 g/mol. The van der Waals surface area contributed by atoms with Gasteiger partial charge < -0.3 is 14.6 Å². The van der Waals surface area contributed by atoms with Crippen LogP contribution in [-0.2, 0) is 12.7 Å². The van der Waals surface area contributed by atoms with Gasteiger partial charge in [0.1, 0.15) is 0 Å². The van der Waals surface area contributed by atoms with E-state index in [4.69, 9.17) is 0 Å². The Morgan fingerprint density at radius 3 is 2.48 bits per heavy atom. The molecule has 7 heteroatoms. The van der Waals surface area contributed by atoms with Gasteiger partial charge in [-0.3, -0.25) is 0 Å². The number of halogens is 3. The number of fused-ring (bicyclic) bond motifs is 1. The van der Waals surface area contributed by atoms with Gasteiger partial charge in [0, 0.05) is 6.54 Å². The number of aliphatic hydroxyl groups is 1. The van der Waals surface area contributed by atoms with Crippen LogP contribution in [0.5, 0.6) is 0 Å². The second-order valence-electron chi connectivity index (χ2n) is 6.05. The minimum absolute atomic E-state index is 0.105. The number of hydrogen-bond donors (Lipinski definition) is 1. The standard InChI is InChI=1S/C16H20F3N3O/c17-16(18,19)15-20-13-6-2-3-7-14(13)22(15)11-12(23)10-21-8-4-1-5-9-21/h2-3,6-7,12,23H,1,4-5,8-11H2/t12-/m1/s1. The molecule has 1 aromatic carbocycles. The summed E-state index contributed by atoms with van der Waals surface area (Å²) < 4.78 is 40.7. The highest BCUT2D eigenvalue weighted by molar-refractivity contribution is 5.76. The second kappa shape index (κ2) is 6.49. The van der Waals surface area contributed by atoms with Crippen molar-refractivity contribution in [3.05, 3.63) is 30.1 Å². The molecule has 0 aliphatic carbocycles. The number of alkyl halides is 3. The maximum Gasteiger partial charge on any atom is 0.449 e. The van der Waals surface area contributed by atoms with Crippen LogP contribution in [0.1, 0.15) is 25.1 Å². The first-order valence-electron chi connectivity index (χ1n) is 7.88. The molecule has 1 aliphatic heterocycles. The number of likely N-dealkylation sites (tertiary alicyclic amines) is 1. The van der Waals surface area contributed by atoms with Gasteiger partial charge in [-0.1, -0.05) is 18.6 Å². The molecule has 1 aliphatic rings. The fourth-order valence-corrected chi connectivity index (χ4v) is 3.19. The number of β-amino-alcohol motifs (C(OH)–C–C–N with tert-alkyl or cyclic N) is 1. The number of nitrogens with zero attached hydrogens (tertiary/aromatic N) is 3. The van der Waals surface area contributed by atoms with E-state index in [1.54, 1.807) is 24.3 Å². The molecule has 0 bridgehead atoms. The molecule has 0 amide bonds. The third-order valence-electron chi connectivity index (χ3n) is 4.22. The fraction of sp³-hybridized carbons (Fsp3) is 0.562. The molecule has 1 aromatic heterocycles. The summed E-state index contributed by atoms with van der Waals surface area (Å²) in [5.74, 6) is -0.948. The number of aliphatic hydroxyl groups excluding tert-OH is 1. The smallest absolute Gasteiger partial charge is 0.390 e. The molecule has 1 atom stereocenters. The molecular formula is C16H20F3N3O. The summed E-state index contributed by atoms with van der Waals surface area (Å²) in [4.78, 5) is 5.81. The maximum atomic E-state index is 13.2. The third kappa shape index (κ3) is 3.67. The Hall–Kier alpha value is -1.60. The van der Waals surface area contributed by atoms with Gasteiger partial charge >= 0.3 is 6.18 Å². The largest absolute Gasteiger partial charge is 0.449 e. The average Bonchev–Trinajstić information content (AvgIpc) is 2.87. The molecule has 0 radical (unpaired) electrons. The summed E-state index contributed by atoms with van der Waals surface area (Å²) in [6.07, 6.45) is -2.06. The van der Waals surface area contributed by atoms with E-state index >= 15 is 0 Å². The van der Waals surface area contributed by atoms with E-state index in [0.717, 1.165) is 30.5 Å². The summed E-state index contributed by atoms with van der Waals surface area (Å²) in [6.45, 7) is 2.08. The van der Waals surface area contributed by atoms with E-state index in [2.05, 4.69) is 9.88 Å². The Labute approximate surface area is 132 Å². The van der Waals surface area contributed by atoms with Crippen LogP contribution in [0.15, 0.2) is 24.3 Å². The lowest BCUT2D eigenvalue weighted by Gasteiger charge is -2.28. The van der Waals surface area contributed by atoms with Crippen molar-refractivity contribution in [1.82, 2.24) is 14.5 Å². The number of aromatic nitrogens is 2. The first kappa shape index (κ1) is 16.3. The highest BCUT2D eigenvalue weighted by Crippen LogP contribution is 2.31. The molecular weight excluding hydrogens is 307 g/mol. The van der Waals surface area contributed by atoms with E-state index in [9.17, 15) is 18.3 Å². The third-order valence-corrected chi connectivity index (χ3v) is 4.22. The van der Waals surface area contributed by atoms with Crippen molar-refractivity contribution in [3.63, 3.8) is 0 Å². The zero-order valence-corrected chi connectivity index (χ0v) is 12.8. The van der Waals surface area contributed by atoms with Gasteiger partial charge in [-0.05, 0) is 38.1 Å². The summed E-state index contributed by atoms with van der Waals surface area (Å²) in [5.41, 5.74) is 0.697. The Kier molecular flexibility index (Phi) is 4.59. The van der Waals surface area contributed by atoms with Crippen molar-refractivity contribution in [1.29, 1.82) is 0 Å². The van der Waals surface area contributed by atoms with Crippen LogP contribution >= 0.6 is 0 Å². The van der Waals surface area contributed by atoms with Crippen LogP contribution in [0.2, 0.25) is 0 Å². The van der Waals surface area contributed by atoms with E-state index in [0.29, 0.717) is 17.6 Å². The minimum atomic E-state index is -4.54. The molecule has 3 rings (SSSR count). The van der Waals surface area contributed by atoms with Crippen molar-refractivity contribution >= 4 is 11.0 Å². The second-order valence-corrected chi connectivity index (χ2v) is 6.05. The predicted octanol–water partition coefficient (Wildman–Crippen LogP) is 2.90. The normalized spacial score (nSPS) is 18.4. The minimum Gasteiger partial charge on any atom is -0.390 e. The number of benzene rings is 1. The molecule has 1 N–H and O–H groups in total. The van der Waals surface area contributed by atoms with Gasteiger partial charge in [0.2, 0.25) is 5.82 Å². The van der Waals surface area contributed by atoms with E-state index in [1.165, 1.54) is 6.42 Å². The van der Waals surface area contributed by atoms with Gasteiger partial charge in [0.25, 0.3) is 0 Å². The van der Waals surface area contributed by atoms with Crippen LogP contribution in [-0.4, -0.2) is 45.3 Å². The van der Waals surface area contributed by atoms with Crippen LogP contribution in [0.3, 0.4) is 0 Å². The number of imidazole rings is 1. The molecule has 0 spiro atoms. The molecule has 126 valence electrons.